The molecular formula is C19H26N8. The topological polar surface area (TPSA) is 86.7 Å². The molecule has 1 fully saturated rings. The third-order valence-electron chi connectivity index (χ3n) is 4.90. The molecule has 0 radical (unpaired) electrons. The number of H-pyrrole nitrogens is 1. The molecule has 27 heavy (non-hydrogen) atoms. The smallest absolute Gasteiger partial charge is 0.182 e. The summed E-state index contributed by atoms with van der Waals surface area (Å²) in [6.45, 7) is 12.2. The average Bonchev–Trinajstić information content (AvgIpc) is 3.16. The molecule has 0 saturated carbocycles. The Bertz CT molecular complexity index is 934. The van der Waals surface area contributed by atoms with Crippen LogP contribution in [-0.2, 0) is 11.8 Å². The standard InChI is InChI=1S/C19H26N8/c1-5-13-10-14(25-18(24-13)19(2,3)4)26-6-8-27(9-7-26)17-15-16(21-11-20-15)22-12-23-17/h10-12H,5-9H2,1-4H3,(H,20,21,22,23). The number of anilines is 2. The number of hydrogen-bond donors (Lipinski definition) is 1. The zero-order chi connectivity index (χ0) is 19.0. The van der Waals surface area contributed by atoms with Crippen molar-refractivity contribution in [2.75, 3.05) is 36.0 Å². The van der Waals surface area contributed by atoms with E-state index in [0.717, 1.165) is 61.3 Å². The van der Waals surface area contributed by atoms with E-state index in [2.05, 4.69) is 63.5 Å². The van der Waals surface area contributed by atoms with E-state index >= 15 is 0 Å². The van der Waals surface area contributed by atoms with Crippen molar-refractivity contribution < 1.29 is 0 Å². The first-order valence-electron chi connectivity index (χ1n) is 9.48. The predicted octanol–water partition coefficient (Wildman–Crippen LogP) is 2.33. The molecule has 0 spiro atoms. The number of nitrogens with one attached hydrogen (secondary N) is 1. The molecule has 8 heteroatoms. The molecular weight excluding hydrogens is 340 g/mol. The minimum Gasteiger partial charge on any atom is -0.353 e. The highest BCUT2D eigenvalue weighted by molar-refractivity contribution is 5.82. The molecule has 3 aromatic rings. The molecule has 0 atom stereocenters. The molecule has 1 aliphatic rings. The summed E-state index contributed by atoms with van der Waals surface area (Å²) in [7, 11) is 0. The van der Waals surface area contributed by atoms with Crippen LogP contribution in [0.1, 0.15) is 39.2 Å². The van der Waals surface area contributed by atoms with Crippen molar-refractivity contribution in [1.82, 2.24) is 29.9 Å². The molecule has 0 bridgehead atoms. The fourth-order valence-electron chi connectivity index (χ4n) is 3.30. The number of imidazole rings is 1. The Labute approximate surface area is 159 Å². The van der Waals surface area contributed by atoms with E-state index < -0.39 is 0 Å². The van der Waals surface area contributed by atoms with Crippen molar-refractivity contribution >= 4 is 22.8 Å². The first-order valence-corrected chi connectivity index (χ1v) is 9.48. The van der Waals surface area contributed by atoms with Gasteiger partial charge in [0.2, 0.25) is 0 Å². The van der Waals surface area contributed by atoms with Crippen molar-refractivity contribution in [2.45, 2.75) is 39.5 Å². The zero-order valence-corrected chi connectivity index (χ0v) is 16.4. The van der Waals surface area contributed by atoms with Crippen LogP contribution in [0.15, 0.2) is 18.7 Å². The molecule has 1 aliphatic heterocycles. The highest BCUT2D eigenvalue weighted by Gasteiger charge is 2.24. The maximum Gasteiger partial charge on any atom is 0.182 e. The summed E-state index contributed by atoms with van der Waals surface area (Å²) >= 11 is 0. The second kappa shape index (κ2) is 6.75. The second-order valence-corrected chi connectivity index (χ2v) is 7.92. The van der Waals surface area contributed by atoms with E-state index in [-0.39, 0.29) is 5.41 Å². The third kappa shape index (κ3) is 3.43. The molecule has 3 aromatic heterocycles. The van der Waals surface area contributed by atoms with Gasteiger partial charge < -0.3 is 14.8 Å². The molecule has 142 valence electrons. The highest BCUT2D eigenvalue weighted by atomic mass is 15.3. The normalized spacial score (nSPS) is 15.6. The first kappa shape index (κ1) is 17.6. The van der Waals surface area contributed by atoms with Crippen molar-refractivity contribution in [3.05, 3.63) is 30.2 Å². The molecule has 0 amide bonds. The Kier molecular flexibility index (Phi) is 4.41. The predicted molar refractivity (Wildman–Crippen MR) is 106 cm³/mol. The number of rotatable bonds is 3. The van der Waals surface area contributed by atoms with Gasteiger partial charge in [0.05, 0.1) is 6.33 Å². The van der Waals surface area contributed by atoms with Gasteiger partial charge in [-0.2, -0.15) is 0 Å². The van der Waals surface area contributed by atoms with Gasteiger partial charge in [-0.05, 0) is 6.42 Å². The minimum atomic E-state index is -0.0606. The lowest BCUT2D eigenvalue weighted by Gasteiger charge is -2.36. The molecule has 0 aromatic carbocycles. The number of fused-ring (bicyclic) bond motifs is 1. The van der Waals surface area contributed by atoms with Crippen LogP contribution in [0.2, 0.25) is 0 Å². The van der Waals surface area contributed by atoms with Crippen molar-refractivity contribution in [1.29, 1.82) is 0 Å². The minimum absolute atomic E-state index is 0.0606. The van der Waals surface area contributed by atoms with Gasteiger partial charge in [-0.25, -0.2) is 24.9 Å². The summed E-state index contributed by atoms with van der Waals surface area (Å²) in [5.41, 5.74) is 2.65. The molecule has 4 heterocycles. The fraction of sp³-hybridized carbons (Fsp3) is 0.526. The van der Waals surface area contributed by atoms with Gasteiger partial charge in [-0.1, -0.05) is 27.7 Å². The lowest BCUT2D eigenvalue weighted by atomic mass is 9.95. The largest absolute Gasteiger partial charge is 0.353 e. The second-order valence-electron chi connectivity index (χ2n) is 7.92. The lowest BCUT2D eigenvalue weighted by molar-refractivity contribution is 0.538. The van der Waals surface area contributed by atoms with Crippen LogP contribution in [0.5, 0.6) is 0 Å². The van der Waals surface area contributed by atoms with Crippen LogP contribution in [-0.4, -0.2) is 56.1 Å². The summed E-state index contributed by atoms with van der Waals surface area (Å²) in [6, 6.07) is 2.13. The fourth-order valence-corrected chi connectivity index (χ4v) is 3.30. The number of hydrogen-bond acceptors (Lipinski definition) is 7. The maximum absolute atomic E-state index is 4.87. The van der Waals surface area contributed by atoms with E-state index in [1.807, 2.05) is 0 Å². The van der Waals surface area contributed by atoms with Gasteiger partial charge in [0, 0.05) is 43.4 Å². The van der Waals surface area contributed by atoms with Gasteiger partial charge in [0.25, 0.3) is 0 Å². The molecule has 0 unspecified atom stereocenters. The first-order chi connectivity index (χ1) is 13.0. The van der Waals surface area contributed by atoms with Gasteiger partial charge >= 0.3 is 0 Å². The Morgan fingerprint density at radius 1 is 1.00 bits per heavy atom. The SMILES string of the molecule is CCc1cc(N2CCN(c3ncnc4nc[nH]c34)CC2)nc(C(C)(C)C)n1. The molecule has 1 saturated heterocycles. The van der Waals surface area contributed by atoms with E-state index in [4.69, 9.17) is 9.97 Å². The monoisotopic (exact) mass is 366 g/mol. The Morgan fingerprint density at radius 3 is 2.44 bits per heavy atom. The van der Waals surface area contributed by atoms with Gasteiger partial charge in [0.1, 0.15) is 23.5 Å². The van der Waals surface area contributed by atoms with Crippen LogP contribution in [0.25, 0.3) is 11.2 Å². The molecule has 0 aliphatic carbocycles. The van der Waals surface area contributed by atoms with Crippen LogP contribution in [0.4, 0.5) is 11.6 Å². The molecule has 1 N–H and O–H groups in total. The van der Waals surface area contributed by atoms with Gasteiger partial charge in [-0.15, -0.1) is 0 Å². The molecule has 4 rings (SSSR count). The van der Waals surface area contributed by atoms with Crippen LogP contribution < -0.4 is 9.80 Å². The average molecular weight is 366 g/mol. The summed E-state index contributed by atoms with van der Waals surface area (Å²) in [6.07, 6.45) is 4.16. The Morgan fingerprint density at radius 2 is 1.74 bits per heavy atom. The zero-order valence-electron chi connectivity index (χ0n) is 16.4. The van der Waals surface area contributed by atoms with Crippen LogP contribution >= 0.6 is 0 Å². The number of aromatic amines is 1. The van der Waals surface area contributed by atoms with E-state index in [1.54, 1.807) is 12.7 Å². The molecule has 8 nitrogen and oxygen atoms in total. The van der Waals surface area contributed by atoms with E-state index in [9.17, 15) is 0 Å². The number of aryl methyl sites for hydroxylation is 1. The van der Waals surface area contributed by atoms with Crippen molar-refractivity contribution in [2.24, 2.45) is 0 Å². The van der Waals surface area contributed by atoms with Gasteiger partial charge in [0.15, 0.2) is 11.5 Å². The van der Waals surface area contributed by atoms with Crippen LogP contribution in [0, 0.1) is 0 Å². The Balaban J connectivity index is 1.55. The number of aromatic nitrogens is 6. The summed E-state index contributed by atoms with van der Waals surface area (Å²) in [5, 5.41) is 0. The maximum atomic E-state index is 4.87. The lowest BCUT2D eigenvalue weighted by Crippen LogP contribution is -2.47. The summed E-state index contributed by atoms with van der Waals surface area (Å²) in [4.78, 5) is 30.3. The van der Waals surface area contributed by atoms with Crippen molar-refractivity contribution in [3.63, 3.8) is 0 Å². The summed E-state index contributed by atoms with van der Waals surface area (Å²) < 4.78 is 0. The van der Waals surface area contributed by atoms with Crippen molar-refractivity contribution in [3.8, 4) is 0 Å². The quantitative estimate of drug-likeness (QED) is 0.761. The van der Waals surface area contributed by atoms with Gasteiger partial charge in [-0.3, -0.25) is 0 Å². The number of piperazine rings is 1. The summed E-state index contributed by atoms with van der Waals surface area (Å²) in [5.74, 6) is 2.86. The van der Waals surface area contributed by atoms with E-state index in [1.165, 1.54) is 0 Å². The Hall–Kier alpha value is -2.77. The number of nitrogens with zero attached hydrogens (tertiary/aromatic N) is 7. The third-order valence-corrected chi connectivity index (χ3v) is 4.90. The van der Waals surface area contributed by atoms with Crippen LogP contribution in [0.3, 0.4) is 0 Å². The highest BCUT2D eigenvalue weighted by Crippen LogP contribution is 2.25. The van der Waals surface area contributed by atoms with E-state index in [0.29, 0.717) is 5.65 Å².